The topological polar surface area (TPSA) is 50.9 Å². The van der Waals surface area contributed by atoms with Gasteiger partial charge >= 0.3 is 0 Å². The number of nitrogens with zero attached hydrogens (tertiary/aromatic N) is 3. The van der Waals surface area contributed by atoms with Gasteiger partial charge in [-0.25, -0.2) is 0 Å². The number of fused-ring (bicyclic) bond motifs is 1. The Balaban J connectivity index is 2.16. The van der Waals surface area contributed by atoms with E-state index in [1.54, 1.807) is 0 Å². The number of aromatic hydroxyl groups is 1. The molecule has 0 radical (unpaired) electrons. The second-order valence-corrected chi connectivity index (χ2v) is 9.00. The zero-order valence-corrected chi connectivity index (χ0v) is 16.8. The summed E-state index contributed by atoms with van der Waals surface area (Å²) < 4.78 is 0. The Kier molecular flexibility index (Phi) is 4.74. The van der Waals surface area contributed by atoms with Gasteiger partial charge in [0, 0.05) is 5.56 Å². The lowest BCUT2D eigenvalue weighted by Crippen LogP contribution is -2.25. The van der Waals surface area contributed by atoms with Crippen molar-refractivity contribution in [2.75, 3.05) is 0 Å². The largest absolute Gasteiger partial charge is 0.505 e. The van der Waals surface area contributed by atoms with Gasteiger partial charge in [0.1, 0.15) is 22.5 Å². The minimum Gasteiger partial charge on any atom is -0.505 e. The zero-order valence-electron chi connectivity index (χ0n) is 16.0. The maximum atomic E-state index is 10.7. The molecule has 0 aliphatic rings. The van der Waals surface area contributed by atoms with Crippen molar-refractivity contribution in [2.45, 2.75) is 52.3 Å². The Morgan fingerprint density at radius 1 is 1.00 bits per heavy atom. The normalized spacial score (nSPS) is 12.7. The molecule has 2 aromatic carbocycles. The highest BCUT2D eigenvalue weighted by Gasteiger charge is 2.29. The summed E-state index contributed by atoms with van der Waals surface area (Å²) in [5.74, 6) is 0.370. The van der Waals surface area contributed by atoms with E-state index in [0.29, 0.717) is 11.3 Å². The Labute approximate surface area is 159 Å². The Morgan fingerprint density at radius 2 is 1.58 bits per heavy atom. The van der Waals surface area contributed by atoms with Crippen LogP contribution < -0.4 is 0 Å². The minimum absolute atomic E-state index is 0.0753. The fourth-order valence-electron chi connectivity index (χ4n) is 3.72. The number of rotatable bonds is 4. The monoisotopic (exact) mass is 371 g/mol. The molecular formula is C21H26ClN3O. The number of alkyl halides is 1. The third-order valence-corrected chi connectivity index (χ3v) is 4.86. The highest BCUT2D eigenvalue weighted by molar-refractivity contribution is 6.17. The van der Waals surface area contributed by atoms with Crippen LogP contribution in [0.1, 0.15) is 52.2 Å². The Bertz CT molecular complexity index is 905. The van der Waals surface area contributed by atoms with Gasteiger partial charge in [0.15, 0.2) is 0 Å². The van der Waals surface area contributed by atoms with Crippen LogP contribution in [0.25, 0.3) is 16.7 Å². The van der Waals surface area contributed by atoms with E-state index in [9.17, 15) is 5.11 Å². The van der Waals surface area contributed by atoms with E-state index in [2.05, 4.69) is 44.8 Å². The first-order chi connectivity index (χ1) is 12.1. The summed E-state index contributed by atoms with van der Waals surface area (Å²) in [4.78, 5) is 1.51. The maximum Gasteiger partial charge on any atom is 0.147 e. The van der Waals surface area contributed by atoms with Crippen LogP contribution in [0.15, 0.2) is 36.4 Å². The van der Waals surface area contributed by atoms with Crippen LogP contribution in [-0.2, 0) is 11.3 Å². The summed E-state index contributed by atoms with van der Waals surface area (Å²) in [6, 6.07) is 11.6. The summed E-state index contributed by atoms with van der Waals surface area (Å²) in [6.07, 6.45) is 1.00. The van der Waals surface area contributed by atoms with Crippen molar-refractivity contribution in [3.8, 4) is 11.4 Å². The first-order valence-electron chi connectivity index (χ1n) is 8.85. The highest BCUT2D eigenvalue weighted by Crippen LogP contribution is 2.40. The molecule has 0 amide bonds. The van der Waals surface area contributed by atoms with Gasteiger partial charge in [0.2, 0.25) is 0 Å². The molecule has 1 N–H and O–H groups in total. The number of aromatic nitrogens is 3. The quantitative estimate of drug-likeness (QED) is 0.609. The number of hydrogen-bond acceptors (Lipinski definition) is 3. The molecule has 0 aliphatic heterocycles. The SMILES string of the molecule is CC(C)(C)CC(C)(C)c1cc(CCl)c(O)c(-n2nc3ccccc3n2)c1. The lowest BCUT2D eigenvalue weighted by molar-refractivity contribution is 0.284. The van der Waals surface area contributed by atoms with Crippen LogP contribution >= 0.6 is 11.6 Å². The zero-order chi connectivity index (χ0) is 19.1. The molecule has 4 nitrogen and oxygen atoms in total. The van der Waals surface area contributed by atoms with Crippen LogP contribution in [0, 0.1) is 5.41 Å². The predicted molar refractivity (Wildman–Crippen MR) is 107 cm³/mol. The number of halogens is 1. The van der Waals surface area contributed by atoms with Crippen LogP contribution in [0.5, 0.6) is 5.75 Å². The number of phenols is 1. The molecule has 1 aromatic heterocycles. The van der Waals surface area contributed by atoms with E-state index in [4.69, 9.17) is 11.6 Å². The van der Waals surface area contributed by atoms with E-state index in [0.717, 1.165) is 23.0 Å². The third-order valence-electron chi connectivity index (χ3n) is 4.57. The molecule has 0 aliphatic carbocycles. The van der Waals surface area contributed by atoms with Crippen LogP contribution in [-0.4, -0.2) is 20.1 Å². The summed E-state index contributed by atoms with van der Waals surface area (Å²) in [7, 11) is 0. The number of hydrogen-bond donors (Lipinski definition) is 1. The van der Waals surface area contributed by atoms with Crippen molar-refractivity contribution in [3.05, 3.63) is 47.5 Å². The molecule has 138 valence electrons. The molecule has 0 fully saturated rings. The molecule has 0 saturated heterocycles. The first kappa shape index (κ1) is 18.7. The van der Waals surface area contributed by atoms with Crippen LogP contribution in [0.4, 0.5) is 0 Å². The lowest BCUT2D eigenvalue weighted by Gasteiger charge is -2.33. The van der Waals surface area contributed by atoms with E-state index < -0.39 is 0 Å². The minimum atomic E-state index is -0.0753. The fourth-order valence-corrected chi connectivity index (χ4v) is 3.92. The van der Waals surface area contributed by atoms with Crippen molar-refractivity contribution in [3.63, 3.8) is 0 Å². The molecule has 0 bridgehead atoms. The molecule has 3 aromatic rings. The van der Waals surface area contributed by atoms with E-state index in [1.807, 2.05) is 36.4 Å². The van der Waals surface area contributed by atoms with E-state index >= 15 is 0 Å². The van der Waals surface area contributed by atoms with Crippen LogP contribution in [0.2, 0.25) is 0 Å². The lowest BCUT2D eigenvalue weighted by atomic mass is 9.72. The van der Waals surface area contributed by atoms with Gasteiger partial charge in [0.05, 0.1) is 5.88 Å². The molecule has 0 unspecified atom stereocenters. The first-order valence-corrected chi connectivity index (χ1v) is 9.39. The standard InChI is InChI=1S/C21H26ClN3O/c1-20(2,3)13-21(4,5)15-10-14(12-22)19(26)18(11-15)25-23-16-8-6-7-9-17(16)24-25/h6-11,26H,12-13H2,1-5H3. The summed E-state index contributed by atoms with van der Waals surface area (Å²) in [5.41, 5.74) is 4.07. The molecule has 26 heavy (non-hydrogen) atoms. The molecule has 5 heteroatoms. The molecular weight excluding hydrogens is 346 g/mol. The van der Waals surface area contributed by atoms with Gasteiger partial charge < -0.3 is 5.11 Å². The molecule has 0 atom stereocenters. The van der Waals surface area contributed by atoms with Gasteiger partial charge in [-0.3, -0.25) is 0 Å². The Hall–Kier alpha value is -2.07. The Morgan fingerprint density at radius 3 is 2.08 bits per heavy atom. The summed E-state index contributed by atoms with van der Waals surface area (Å²) in [6.45, 7) is 11.2. The van der Waals surface area contributed by atoms with Crippen molar-refractivity contribution in [1.29, 1.82) is 0 Å². The van der Waals surface area contributed by atoms with Gasteiger partial charge in [-0.1, -0.05) is 52.8 Å². The molecule has 1 heterocycles. The van der Waals surface area contributed by atoms with Crippen LogP contribution in [0.3, 0.4) is 0 Å². The van der Waals surface area contributed by atoms with Gasteiger partial charge in [-0.05, 0) is 41.0 Å². The fraction of sp³-hybridized carbons (Fsp3) is 0.429. The molecule has 3 rings (SSSR count). The third kappa shape index (κ3) is 3.70. The van der Waals surface area contributed by atoms with E-state index in [-0.39, 0.29) is 22.5 Å². The van der Waals surface area contributed by atoms with Gasteiger partial charge in [-0.2, -0.15) is 0 Å². The van der Waals surface area contributed by atoms with Gasteiger partial charge in [0.25, 0.3) is 0 Å². The second-order valence-electron chi connectivity index (χ2n) is 8.74. The number of phenolic OH excluding ortho intramolecular Hbond substituents is 1. The average molecular weight is 372 g/mol. The molecule has 0 spiro atoms. The van der Waals surface area contributed by atoms with E-state index in [1.165, 1.54) is 4.80 Å². The highest BCUT2D eigenvalue weighted by atomic mass is 35.5. The number of benzene rings is 2. The van der Waals surface area contributed by atoms with Crippen molar-refractivity contribution in [2.24, 2.45) is 5.41 Å². The summed E-state index contributed by atoms with van der Waals surface area (Å²) >= 11 is 6.12. The summed E-state index contributed by atoms with van der Waals surface area (Å²) in [5, 5.41) is 19.7. The van der Waals surface area contributed by atoms with Crippen molar-refractivity contribution in [1.82, 2.24) is 15.0 Å². The predicted octanol–water partition coefficient (Wildman–Crippen LogP) is 5.58. The van der Waals surface area contributed by atoms with Crippen molar-refractivity contribution >= 4 is 22.6 Å². The average Bonchev–Trinajstić information content (AvgIpc) is 2.96. The smallest absolute Gasteiger partial charge is 0.147 e. The maximum absolute atomic E-state index is 10.7. The molecule has 0 saturated carbocycles. The van der Waals surface area contributed by atoms with Gasteiger partial charge in [-0.15, -0.1) is 26.6 Å². The second kappa shape index (κ2) is 6.58. The van der Waals surface area contributed by atoms with Crippen molar-refractivity contribution < 1.29 is 5.11 Å².